The maximum absolute atomic E-state index is 13.3. The van der Waals surface area contributed by atoms with Gasteiger partial charge in [-0.1, -0.05) is 5.16 Å². The molecule has 0 aliphatic carbocycles. The number of nitrogens with one attached hydrogen (secondary N) is 1. The molecule has 2 heterocycles. The highest BCUT2D eigenvalue weighted by Gasteiger charge is 2.24. The standard InChI is InChI=1S/C25H22FN3O5/c1-4-32-19-11-9-18(10-12-19)27-23(30)15(3)33-25(31)20-13-21(16-5-7-17(26)8-6-16)28-24-22(20)14(2)29-34-24/h5-13,15H,4H2,1-3H3,(H,27,30). The topological polar surface area (TPSA) is 104 Å². The number of aromatic nitrogens is 2. The summed E-state index contributed by atoms with van der Waals surface area (Å²) in [6, 6.07) is 14.0. The minimum absolute atomic E-state index is 0.137. The van der Waals surface area contributed by atoms with Crippen molar-refractivity contribution in [3.63, 3.8) is 0 Å². The lowest BCUT2D eigenvalue weighted by atomic mass is 10.1. The van der Waals surface area contributed by atoms with Crippen molar-refractivity contribution in [2.75, 3.05) is 11.9 Å². The van der Waals surface area contributed by atoms with E-state index >= 15 is 0 Å². The van der Waals surface area contributed by atoms with E-state index < -0.39 is 23.8 Å². The number of amides is 1. The number of benzene rings is 2. The second-order valence-corrected chi connectivity index (χ2v) is 7.50. The molecule has 0 aliphatic rings. The summed E-state index contributed by atoms with van der Waals surface area (Å²) >= 11 is 0. The number of fused-ring (bicyclic) bond motifs is 1. The molecule has 174 valence electrons. The lowest BCUT2D eigenvalue weighted by Crippen LogP contribution is -2.30. The molecule has 1 N–H and O–H groups in total. The van der Waals surface area contributed by atoms with Crippen molar-refractivity contribution < 1.29 is 28.0 Å². The highest BCUT2D eigenvalue weighted by atomic mass is 19.1. The molecular formula is C25H22FN3O5. The van der Waals surface area contributed by atoms with E-state index in [0.717, 1.165) is 0 Å². The summed E-state index contributed by atoms with van der Waals surface area (Å²) in [7, 11) is 0. The van der Waals surface area contributed by atoms with Gasteiger partial charge in [0, 0.05) is 11.3 Å². The predicted molar refractivity (Wildman–Crippen MR) is 123 cm³/mol. The van der Waals surface area contributed by atoms with Gasteiger partial charge >= 0.3 is 5.97 Å². The van der Waals surface area contributed by atoms with Crippen LogP contribution in [-0.4, -0.2) is 34.7 Å². The van der Waals surface area contributed by atoms with Gasteiger partial charge in [-0.3, -0.25) is 4.79 Å². The number of aryl methyl sites for hydroxylation is 1. The average Bonchev–Trinajstić information content (AvgIpc) is 3.21. The number of anilines is 1. The highest BCUT2D eigenvalue weighted by molar-refractivity contribution is 6.05. The van der Waals surface area contributed by atoms with Crippen LogP contribution in [0.1, 0.15) is 29.9 Å². The molecule has 8 nitrogen and oxygen atoms in total. The molecule has 4 rings (SSSR count). The number of carbonyl (C=O) groups is 2. The average molecular weight is 463 g/mol. The normalized spacial score (nSPS) is 11.8. The van der Waals surface area contributed by atoms with E-state index in [1.54, 1.807) is 31.2 Å². The summed E-state index contributed by atoms with van der Waals surface area (Å²) in [5.41, 5.74) is 2.22. The van der Waals surface area contributed by atoms with Crippen molar-refractivity contribution in [2.24, 2.45) is 0 Å². The van der Waals surface area contributed by atoms with Gasteiger partial charge in [-0.2, -0.15) is 0 Å². The first-order chi connectivity index (χ1) is 16.4. The van der Waals surface area contributed by atoms with E-state index in [9.17, 15) is 14.0 Å². The molecule has 1 amide bonds. The smallest absolute Gasteiger partial charge is 0.339 e. The van der Waals surface area contributed by atoms with Gasteiger partial charge in [-0.15, -0.1) is 0 Å². The lowest BCUT2D eigenvalue weighted by Gasteiger charge is -2.14. The van der Waals surface area contributed by atoms with E-state index in [0.29, 0.717) is 40.4 Å². The van der Waals surface area contributed by atoms with Gasteiger partial charge in [-0.25, -0.2) is 14.2 Å². The Bertz CT molecular complexity index is 1330. The number of carbonyl (C=O) groups excluding carboxylic acids is 2. The second-order valence-electron chi connectivity index (χ2n) is 7.50. The van der Waals surface area contributed by atoms with Crippen LogP contribution in [0.5, 0.6) is 5.75 Å². The number of ether oxygens (including phenoxy) is 2. The fraction of sp³-hybridized carbons (Fsp3) is 0.200. The van der Waals surface area contributed by atoms with E-state index in [2.05, 4.69) is 15.5 Å². The molecule has 1 atom stereocenters. The van der Waals surface area contributed by atoms with E-state index in [1.807, 2.05) is 6.92 Å². The SMILES string of the molecule is CCOc1ccc(NC(=O)C(C)OC(=O)c2cc(-c3ccc(F)cc3)nc3onc(C)c23)cc1. The van der Waals surface area contributed by atoms with Gasteiger partial charge in [0.05, 0.1) is 28.9 Å². The quantitative estimate of drug-likeness (QED) is 0.388. The molecule has 2 aromatic carbocycles. The van der Waals surface area contributed by atoms with Gasteiger partial charge in [0.2, 0.25) is 0 Å². The molecule has 0 fully saturated rings. The fourth-order valence-electron chi connectivity index (χ4n) is 3.35. The lowest BCUT2D eigenvalue weighted by molar-refractivity contribution is -0.123. The third kappa shape index (κ3) is 4.88. The zero-order valence-electron chi connectivity index (χ0n) is 18.8. The first kappa shape index (κ1) is 22.9. The van der Waals surface area contributed by atoms with Crippen LogP contribution in [0.4, 0.5) is 10.1 Å². The molecule has 34 heavy (non-hydrogen) atoms. The van der Waals surface area contributed by atoms with Crippen LogP contribution in [0.2, 0.25) is 0 Å². The van der Waals surface area contributed by atoms with Crippen LogP contribution >= 0.6 is 0 Å². The van der Waals surface area contributed by atoms with Gasteiger partial charge in [0.15, 0.2) is 6.10 Å². The number of hydrogen-bond acceptors (Lipinski definition) is 7. The van der Waals surface area contributed by atoms with Crippen LogP contribution in [0.25, 0.3) is 22.4 Å². The summed E-state index contributed by atoms with van der Waals surface area (Å²) in [4.78, 5) is 30.0. The Morgan fingerprint density at radius 3 is 2.50 bits per heavy atom. The molecule has 1 unspecified atom stereocenters. The largest absolute Gasteiger partial charge is 0.494 e. The summed E-state index contributed by atoms with van der Waals surface area (Å²) < 4.78 is 29.4. The van der Waals surface area contributed by atoms with Crippen molar-refractivity contribution in [3.05, 3.63) is 71.7 Å². The van der Waals surface area contributed by atoms with Gasteiger partial charge in [-0.05, 0) is 75.4 Å². The van der Waals surface area contributed by atoms with Gasteiger partial charge in [0.25, 0.3) is 11.6 Å². The summed E-state index contributed by atoms with van der Waals surface area (Å²) in [6.45, 7) is 5.56. The molecule has 0 saturated heterocycles. The minimum atomic E-state index is -1.09. The Hall–Kier alpha value is -4.27. The first-order valence-corrected chi connectivity index (χ1v) is 10.6. The van der Waals surface area contributed by atoms with Crippen molar-refractivity contribution in [1.82, 2.24) is 10.1 Å². The maximum atomic E-state index is 13.3. The Balaban J connectivity index is 1.55. The van der Waals surface area contributed by atoms with Crippen LogP contribution in [-0.2, 0) is 9.53 Å². The van der Waals surface area contributed by atoms with E-state index in [4.69, 9.17) is 14.0 Å². The van der Waals surface area contributed by atoms with Crippen LogP contribution in [0.15, 0.2) is 59.1 Å². The third-order valence-electron chi connectivity index (χ3n) is 5.06. The summed E-state index contributed by atoms with van der Waals surface area (Å²) in [5, 5.41) is 6.97. The van der Waals surface area contributed by atoms with Gasteiger partial charge in [0.1, 0.15) is 11.6 Å². The fourth-order valence-corrected chi connectivity index (χ4v) is 3.35. The summed E-state index contributed by atoms with van der Waals surface area (Å²) in [6.07, 6.45) is -1.09. The molecule has 0 spiro atoms. The molecule has 0 saturated carbocycles. The second kappa shape index (κ2) is 9.70. The molecule has 0 aliphatic heterocycles. The minimum Gasteiger partial charge on any atom is -0.494 e. The molecule has 9 heteroatoms. The zero-order chi connectivity index (χ0) is 24.2. The number of rotatable bonds is 7. The summed E-state index contributed by atoms with van der Waals surface area (Å²) in [5.74, 6) is -0.949. The van der Waals surface area contributed by atoms with Gasteiger partial charge < -0.3 is 19.3 Å². The monoisotopic (exact) mass is 463 g/mol. The number of esters is 1. The predicted octanol–water partition coefficient (Wildman–Crippen LogP) is 4.92. The Kier molecular flexibility index (Phi) is 6.53. The van der Waals surface area contributed by atoms with Crippen molar-refractivity contribution in [1.29, 1.82) is 0 Å². The molecule has 0 bridgehead atoms. The third-order valence-corrected chi connectivity index (χ3v) is 5.06. The first-order valence-electron chi connectivity index (χ1n) is 10.6. The van der Waals surface area contributed by atoms with Crippen LogP contribution in [0.3, 0.4) is 0 Å². The maximum Gasteiger partial charge on any atom is 0.339 e. The number of pyridine rings is 1. The zero-order valence-corrected chi connectivity index (χ0v) is 18.8. The van der Waals surface area contributed by atoms with E-state index in [1.165, 1.54) is 37.3 Å². The van der Waals surface area contributed by atoms with Crippen molar-refractivity contribution >= 4 is 28.7 Å². The molecular weight excluding hydrogens is 441 g/mol. The highest BCUT2D eigenvalue weighted by Crippen LogP contribution is 2.28. The Morgan fingerprint density at radius 1 is 1.12 bits per heavy atom. The Labute approximate surface area is 194 Å². The number of halogens is 1. The molecule has 4 aromatic rings. The molecule has 0 radical (unpaired) electrons. The number of nitrogens with zero attached hydrogens (tertiary/aromatic N) is 2. The van der Waals surface area contributed by atoms with Crippen LogP contribution in [0, 0.1) is 12.7 Å². The molecule has 2 aromatic heterocycles. The van der Waals surface area contributed by atoms with Crippen molar-refractivity contribution in [2.45, 2.75) is 26.9 Å². The number of hydrogen-bond donors (Lipinski definition) is 1. The Morgan fingerprint density at radius 2 is 1.82 bits per heavy atom. The van der Waals surface area contributed by atoms with Crippen molar-refractivity contribution in [3.8, 4) is 17.0 Å². The van der Waals surface area contributed by atoms with E-state index in [-0.39, 0.29) is 11.3 Å². The van der Waals surface area contributed by atoms with Crippen LogP contribution < -0.4 is 10.1 Å².